The lowest BCUT2D eigenvalue weighted by Crippen LogP contribution is -2.23. The molecule has 2 aromatic rings. The number of aromatic carboxylic acids is 1. The van der Waals surface area contributed by atoms with Gasteiger partial charge >= 0.3 is 11.9 Å². The highest BCUT2D eigenvalue weighted by Gasteiger charge is 2.23. The zero-order chi connectivity index (χ0) is 16.3. The number of H-pyrrole nitrogens is 1. The van der Waals surface area contributed by atoms with Crippen LogP contribution >= 0.6 is 0 Å². The molecule has 0 spiro atoms. The molecule has 0 fully saturated rings. The Kier molecular flexibility index (Phi) is 4.79. The first-order valence-corrected chi connectivity index (χ1v) is 6.80. The number of carbonyl (C=O) groups is 2. The molecule has 7 heteroatoms. The van der Waals surface area contributed by atoms with Crippen molar-refractivity contribution >= 4 is 22.8 Å². The van der Waals surface area contributed by atoms with E-state index in [4.69, 9.17) is 9.84 Å². The standard InChI is InChI=1S/C15H17NO6/c1-2-22-13(18)6-12(17)14(19)8-3-4-11-9(5-8)10(7-16-11)15(20)21/h3-5,7,12,14,16-17,19H,2,6H2,1H3,(H,20,21). The molecule has 2 atom stereocenters. The van der Waals surface area contributed by atoms with Crippen LogP contribution in [0.3, 0.4) is 0 Å². The van der Waals surface area contributed by atoms with Crippen molar-refractivity contribution in [2.75, 3.05) is 6.61 Å². The largest absolute Gasteiger partial charge is 0.478 e. The van der Waals surface area contributed by atoms with Gasteiger partial charge in [-0.05, 0) is 24.6 Å². The number of carboxylic acid groups (broad SMARTS) is 1. The molecule has 1 aromatic heterocycles. The molecular formula is C15H17NO6. The lowest BCUT2D eigenvalue weighted by atomic mass is 10.00. The third-order valence-electron chi connectivity index (χ3n) is 3.32. The molecule has 0 bridgehead atoms. The van der Waals surface area contributed by atoms with Crippen molar-refractivity contribution in [2.24, 2.45) is 0 Å². The molecule has 118 valence electrons. The number of carbonyl (C=O) groups excluding carboxylic acids is 1. The van der Waals surface area contributed by atoms with Gasteiger partial charge in [0.1, 0.15) is 6.10 Å². The summed E-state index contributed by atoms with van der Waals surface area (Å²) < 4.78 is 4.71. The number of hydrogen-bond acceptors (Lipinski definition) is 5. The van der Waals surface area contributed by atoms with Gasteiger partial charge in [0.2, 0.25) is 0 Å². The Hall–Kier alpha value is -2.38. The van der Waals surface area contributed by atoms with Crippen molar-refractivity contribution in [1.29, 1.82) is 0 Å². The van der Waals surface area contributed by atoms with Crippen LogP contribution in [0.4, 0.5) is 0 Å². The average Bonchev–Trinajstić information content (AvgIpc) is 2.89. The summed E-state index contributed by atoms with van der Waals surface area (Å²) in [5.41, 5.74) is 1.00. The Morgan fingerprint density at radius 2 is 2.05 bits per heavy atom. The van der Waals surface area contributed by atoms with Crippen LogP contribution in [0.15, 0.2) is 24.4 Å². The summed E-state index contributed by atoms with van der Waals surface area (Å²) in [6.07, 6.45) is -1.63. The van der Waals surface area contributed by atoms with Crippen LogP contribution in [0.5, 0.6) is 0 Å². The van der Waals surface area contributed by atoms with Gasteiger partial charge in [0.25, 0.3) is 0 Å². The van der Waals surface area contributed by atoms with Crippen molar-refractivity contribution in [3.63, 3.8) is 0 Å². The van der Waals surface area contributed by atoms with Gasteiger partial charge in [0, 0.05) is 17.1 Å². The fourth-order valence-corrected chi connectivity index (χ4v) is 2.22. The molecule has 0 aliphatic rings. The van der Waals surface area contributed by atoms with E-state index in [2.05, 4.69) is 4.98 Å². The number of aliphatic hydroxyl groups is 2. The first-order chi connectivity index (χ1) is 10.4. The molecule has 7 nitrogen and oxygen atoms in total. The van der Waals surface area contributed by atoms with Gasteiger partial charge in [-0.3, -0.25) is 4.79 Å². The molecule has 1 aromatic carbocycles. The zero-order valence-corrected chi connectivity index (χ0v) is 11.9. The van der Waals surface area contributed by atoms with Crippen LogP contribution in [0, 0.1) is 0 Å². The molecule has 1 heterocycles. The first kappa shape index (κ1) is 16.0. The van der Waals surface area contributed by atoms with Crippen molar-refractivity contribution in [1.82, 2.24) is 4.98 Å². The maximum Gasteiger partial charge on any atom is 0.337 e. The highest BCUT2D eigenvalue weighted by Crippen LogP contribution is 2.26. The van der Waals surface area contributed by atoms with Crippen LogP contribution < -0.4 is 0 Å². The highest BCUT2D eigenvalue weighted by atomic mass is 16.5. The first-order valence-electron chi connectivity index (χ1n) is 6.80. The van der Waals surface area contributed by atoms with E-state index < -0.39 is 24.1 Å². The van der Waals surface area contributed by atoms with E-state index in [0.717, 1.165) is 0 Å². The minimum absolute atomic E-state index is 0.0731. The Morgan fingerprint density at radius 1 is 1.32 bits per heavy atom. The zero-order valence-electron chi connectivity index (χ0n) is 11.9. The number of rotatable bonds is 6. The van der Waals surface area contributed by atoms with Gasteiger partial charge in [-0.15, -0.1) is 0 Å². The van der Waals surface area contributed by atoms with Gasteiger partial charge < -0.3 is 25.0 Å². The summed E-state index contributed by atoms with van der Waals surface area (Å²) in [4.78, 5) is 25.3. The number of aromatic amines is 1. The summed E-state index contributed by atoms with van der Waals surface area (Å²) in [7, 11) is 0. The molecule has 2 unspecified atom stereocenters. The van der Waals surface area contributed by atoms with Gasteiger partial charge in [0.05, 0.1) is 24.7 Å². The van der Waals surface area contributed by atoms with Gasteiger partial charge in [0.15, 0.2) is 0 Å². The van der Waals surface area contributed by atoms with Crippen molar-refractivity contribution < 1.29 is 29.6 Å². The average molecular weight is 307 g/mol. The van der Waals surface area contributed by atoms with Crippen molar-refractivity contribution in [3.8, 4) is 0 Å². The number of fused-ring (bicyclic) bond motifs is 1. The smallest absolute Gasteiger partial charge is 0.337 e. The molecule has 0 saturated heterocycles. The topological polar surface area (TPSA) is 120 Å². The highest BCUT2D eigenvalue weighted by molar-refractivity contribution is 6.03. The fraction of sp³-hybridized carbons (Fsp3) is 0.333. The Bertz CT molecular complexity index is 692. The van der Waals surface area contributed by atoms with E-state index in [1.165, 1.54) is 12.3 Å². The second-order valence-corrected chi connectivity index (χ2v) is 4.83. The van der Waals surface area contributed by atoms with E-state index in [-0.39, 0.29) is 18.6 Å². The van der Waals surface area contributed by atoms with Crippen LogP contribution in [0.1, 0.15) is 35.4 Å². The van der Waals surface area contributed by atoms with Crippen LogP contribution in [-0.4, -0.2) is 45.0 Å². The van der Waals surface area contributed by atoms with Crippen LogP contribution in [-0.2, 0) is 9.53 Å². The number of hydrogen-bond donors (Lipinski definition) is 4. The van der Waals surface area contributed by atoms with E-state index in [1.54, 1.807) is 19.1 Å². The summed E-state index contributed by atoms with van der Waals surface area (Å²) >= 11 is 0. The second-order valence-electron chi connectivity index (χ2n) is 4.83. The minimum atomic E-state index is -1.33. The molecule has 4 N–H and O–H groups in total. The Balaban J connectivity index is 2.24. The predicted octanol–water partition coefficient (Wildman–Crippen LogP) is 1.21. The normalized spacial score (nSPS) is 13.8. The molecule has 0 aliphatic heterocycles. The number of benzene rings is 1. The van der Waals surface area contributed by atoms with Crippen LogP contribution in [0.2, 0.25) is 0 Å². The fourth-order valence-electron chi connectivity index (χ4n) is 2.22. The number of aliphatic hydroxyl groups excluding tert-OH is 2. The maximum atomic E-state index is 11.3. The van der Waals surface area contributed by atoms with E-state index in [0.29, 0.717) is 16.5 Å². The minimum Gasteiger partial charge on any atom is -0.478 e. The molecule has 0 amide bonds. The molecule has 2 rings (SSSR count). The van der Waals surface area contributed by atoms with Gasteiger partial charge in [-0.1, -0.05) is 6.07 Å². The SMILES string of the molecule is CCOC(=O)CC(O)C(O)c1ccc2[nH]cc(C(=O)O)c2c1. The van der Waals surface area contributed by atoms with Gasteiger partial charge in [-0.25, -0.2) is 4.79 Å². The quantitative estimate of drug-likeness (QED) is 0.595. The van der Waals surface area contributed by atoms with Crippen molar-refractivity contribution in [3.05, 3.63) is 35.5 Å². The van der Waals surface area contributed by atoms with E-state index >= 15 is 0 Å². The summed E-state index contributed by atoms with van der Waals surface area (Å²) in [5.74, 6) is -1.70. The number of ether oxygens (including phenoxy) is 1. The lowest BCUT2D eigenvalue weighted by molar-refractivity contribution is -0.147. The summed E-state index contributed by atoms with van der Waals surface area (Å²) in [5, 5.41) is 29.5. The third-order valence-corrected chi connectivity index (χ3v) is 3.32. The van der Waals surface area contributed by atoms with E-state index in [9.17, 15) is 19.8 Å². The monoisotopic (exact) mass is 307 g/mol. The third kappa shape index (κ3) is 3.26. The number of nitrogens with one attached hydrogen (secondary N) is 1. The molecule has 0 aliphatic carbocycles. The number of carboxylic acids is 1. The summed E-state index contributed by atoms with van der Waals surface area (Å²) in [6.45, 7) is 1.84. The van der Waals surface area contributed by atoms with Crippen LogP contribution in [0.25, 0.3) is 10.9 Å². The molecular weight excluding hydrogens is 290 g/mol. The Morgan fingerprint density at radius 3 is 2.68 bits per heavy atom. The number of aromatic nitrogens is 1. The maximum absolute atomic E-state index is 11.3. The number of esters is 1. The van der Waals surface area contributed by atoms with E-state index in [1.807, 2.05) is 0 Å². The molecule has 0 saturated carbocycles. The lowest BCUT2D eigenvalue weighted by Gasteiger charge is -2.17. The molecule has 0 radical (unpaired) electrons. The van der Waals surface area contributed by atoms with Gasteiger partial charge in [-0.2, -0.15) is 0 Å². The molecule has 22 heavy (non-hydrogen) atoms. The summed E-state index contributed by atoms with van der Waals surface area (Å²) in [6, 6.07) is 4.65. The predicted molar refractivity (Wildman–Crippen MR) is 77.5 cm³/mol. The second kappa shape index (κ2) is 6.59. The Labute approximate surface area is 126 Å². The van der Waals surface area contributed by atoms with Crippen molar-refractivity contribution in [2.45, 2.75) is 25.6 Å².